The van der Waals surface area contributed by atoms with Crippen molar-refractivity contribution in [1.82, 2.24) is 25.2 Å². The van der Waals surface area contributed by atoms with Gasteiger partial charge in [0.1, 0.15) is 5.69 Å². The summed E-state index contributed by atoms with van der Waals surface area (Å²) in [5.74, 6) is -2.43. The molecule has 2 aromatic heterocycles. The summed E-state index contributed by atoms with van der Waals surface area (Å²) in [4.78, 5) is 37.0. The Hall–Kier alpha value is -2.64. The summed E-state index contributed by atoms with van der Waals surface area (Å²) in [6.45, 7) is 6.41. The number of nitrogens with zero attached hydrogens (tertiary/aromatic N) is 4. The molecule has 1 spiro atoms. The molecule has 2 aliphatic rings. The minimum Gasteiger partial charge on any atom is -0.475 e. The van der Waals surface area contributed by atoms with Crippen LogP contribution in [-0.2, 0) is 16.1 Å². The summed E-state index contributed by atoms with van der Waals surface area (Å²) in [7, 11) is 0. The number of thiazole rings is 1. The molecule has 1 amide bonds. The number of rotatable bonds is 6. The van der Waals surface area contributed by atoms with E-state index in [1.165, 1.54) is 17.3 Å². The van der Waals surface area contributed by atoms with Crippen LogP contribution in [-0.4, -0.2) is 74.9 Å². The molecule has 2 aromatic rings. The lowest BCUT2D eigenvalue weighted by atomic mass is 9.79. The number of alkyl halides is 3. The van der Waals surface area contributed by atoms with Crippen LogP contribution in [0.1, 0.15) is 33.9 Å². The molecule has 0 saturated carbocycles. The van der Waals surface area contributed by atoms with Crippen molar-refractivity contribution in [1.29, 1.82) is 0 Å². The van der Waals surface area contributed by atoms with Crippen LogP contribution < -0.4 is 5.32 Å². The predicted molar refractivity (Wildman–Crippen MR) is 112 cm³/mol. The maximum Gasteiger partial charge on any atom is 0.490 e. The van der Waals surface area contributed by atoms with E-state index in [1.807, 2.05) is 5.51 Å². The molecule has 1 atom stereocenters. The van der Waals surface area contributed by atoms with E-state index in [4.69, 9.17) is 14.6 Å². The first-order valence-electron chi connectivity index (χ1n) is 10.2. The van der Waals surface area contributed by atoms with Gasteiger partial charge in [-0.2, -0.15) is 13.2 Å². The number of likely N-dealkylation sites (tertiary alicyclic amines) is 1. The molecule has 1 unspecified atom stereocenters. The molecule has 0 aromatic carbocycles. The summed E-state index contributed by atoms with van der Waals surface area (Å²) in [6, 6.07) is 0. The Bertz CT molecular complexity index is 951. The number of hydrogen-bond acceptors (Lipinski definition) is 8. The van der Waals surface area contributed by atoms with Gasteiger partial charge in [-0.3, -0.25) is 14.7 Å². The van der Waals surface area contributed by atoms with Crippen LogP contribution in [0.3, 0.4) is 0 Å². The smallest absolute Gasteiger partial charge is 0.475 e. The molecule has 0 radical (unpaired) electrons. The van der Waals surface area contributed by atoms with Gasteiger partial charge >= 0.3 is 12.1 Å². The first kappa shape index (κ1) is 25.0. The van der Waals surface area contributed by atoms with E-state index >= 15 is 0 Å². The number of aromatic nitrogens is 3. The monoisotopic (exact) mass is 487 g/mol. The number of carboxylic acids is 1. The molecule has 0 bridgehead atoms. The molecule has 13 heteroatoms. The second-order valence-corrected chi connectivity index (χ2v) is 8.78. The van der Waals surface area contributed by atoms with E-state index in [1.54, 1.807) is 17.5 Å². The Balaban J connectivity index is 0.000000383. The van der Waals surface area contributed by atoms with Crippen molar-refractivity contribution < 1.29 is 32.6 Å². The molecule has 2 aliphatic heterocycles. The highest BCUT2D eigenvalue weighted by molar-refractivity contribution is 7.09. The lowest BCUT2D eigenvalue weighted by Gasteiger charge is -2.50. The van der Waals surface area contributed by atoms with Gasteiger partial charge in [0.2, 0.25) is 0 Å². The Kier molecular flexibility index (Phi) is 7.97. The number of carbonyl (C=O) groups excluding carboxylic acids is 1. The average molecular weight is 488 g/mol. The maximum absolute atomic E-state index is 12.1. The second-order valence-electron chi connectivity index (χ2n) is 7.84. The molecule has 4 heterocycles. The van der Waals surface area contributed by atoms with E-state index in [2.05, 4.69) is 32.1 Å². The van der Waals surface area contributed by atoms with E-state index < -0.39 is 12.1 Å². The largest absolute Gasteiger partial charge is 0.490 e. The average Bonchev–Trinajstić information content (AvgIpc) is 3.35. The molecular weight excluding hydrogens is 463 g/mol. The normalized spacial score (nSPS) is 19.5. The van der Waals surface area contributed by atoms with Crippen molar-refractivity contribution in [3.05, 3.63) is 40.4 Å². The van der Waals surface area contributed by atoms with Gasteiger partial charge in [-0.1, -0.05) is 0 Å². The fourth-order valence-corrected chi connectivity index (χ4v) is 4.73. The summed E-state index contributed by atoms with van der Waals surface area (Å²) in [6.07, 6.45) is 1.49. The van der Waals surface area contributed by atoms with E-state index in [9.17, 15) is 18.0 Å². The van der Waals surface area contributed by atoms with Crippen LogP contribution in [0.15, 0.2) is 24.1 Å². The van der Waals surface area contributed by atoms with Crippen molar-refractivity contribution in [3.63, 3.8) is 0 Å². The number of carboxylic acid groups (broad SMARTS) is 1. The molecule has 2 N–H and O–H groups in total. The lowest BCUT2D eigenvalue weighted by Crippen LogP contribution is -2.64. The third-order valence-electron chi connectivity index (χ3n) is 5.61. The quantitative estimate of drug-likeness (QED) is 0.638. The molecule has 9 nitrogen and oxygen atoms in total. The van der Waals surface area contributed by atoms with Gasteiger partial charge in [0.25, 0.3) is 5.91 Å². The Labute approximate surface area is 192 Å². The van der Waals surface area contributed by atoms with Crippen LogP contribution >= 0.6 is 11.3 Å². The Morgan fingerprint density at radius 2 is 2.06 bits per heavy atom. The number of halogens is 3. The maximum atomic E-state index is 12.1. The molecule has 180 valence electrons. The molecule has 33 heavy (non-hydrogen) atoms. The van der Waals surface area contributed by atoms with E-state index in [-0.39, 0.29) is 11.5 Å². The van der Waals surface area contributed by atoms with Gasteiger partial charge in [0.05, 0.1) is 23.0 Å². The standard InChI is InChI=1S/C18H23N5O2S.C2HF3O2/c1-13-16(26-12-22-13)9-23-10-18(11-23)14(3-7-25-18)2-4-21-17(24)15-8-19-5-6-20-15;3-2(4,5)1(6)7/h5-6,8,12,14H,2-4,7,9-11H2,1H3,(H,21,24);(H,6,7). The first-order chi connectivity index (χ1) is 15.6. The van der Waals surface area contributed by atoms with Crippen LogP contribution in [0, 0.1) is 12.8 Å². The van der Waals surface area contributed by atoms with Gasteiger partial charge < -0.3 is 15.2 Å². The summed E-state index contributed by atoms with van der Waals surface area (Å²) < 4.78 is 37.9. The zero-order chi connectivity index (χ0) is 24.1. The van der Waals surface area contributed by atoms with Gasteiger partial charge in [-0.05, 0) is 25.7 Å². The number of aliphatic carboxylic acids is 1. The predicted octanol–water partition coefficient (Wildman–Crippen LogP) is 2.29. The van der Waals surface area contributed by atoms with Crippen LogP contribution in [0.5, 0.6) is 0 Å². The van der Waals surface area contributed by atoms with Crippen molar-refractivity contribution in [2.75, 3.05) is 26.2 Å². The van der Waals surface area contributed by atoms with Crippen LogP contribution in [0.25, 0.3) is 0 Å². The number of nitrogens with one attached hydrogen (secondary N) is 1. The van der Waals surface area contributed by atoms with E-state index in [0.29, 0.717) is 18.2 Å². The lowest BCUT2D eigenvalue weighted by molar-refractivity contribution is -0.192. The minimum absolute atomic E-state index is 0.0319. The summed E-state index contributed by atoms with van der Waals surface area (Å²) in [5, 5.41) is 10.1. The van der Waals surface area contributed by atoms with Gasteiger partial charge in [-0.25, -0.2) is 14.8 Å². The number of carbonyl (C=O) groups is 2. The topological polar surface area (TPSA) is 118 Å². The van der Waals surface area contributed by atoms with Crippen molar-refractivity contribution in [2.24, 2.45) is 5.92 Å². The highest BCUT2D eigenvalue weighted by Gasteiger charge is 2.52. The third kappa shape index (κ3) is 6.45. The van der Waals surface area contributed by atoms with Crippen LogP contribution in [0.2, 0.25) is 0 Å². The fraction of sp³-hybridized carbons (Fsp3) is 0.550. The molecule has 2 saturated heterocycles. The van der Waals surface area contributed by atoms with Crippen molar-refractivity contribution in [3.8, 4) is 0 Å². The van der Waals surface area contributed by atoms with Crippen molar-refractivity contribution >= 4 is 23.2 Å². The Morgan fingerprint density at radius 3 is 2.64 bits per heavy atom. The number of ether oxygens (including phenoxy) is 1. The first-order valence-corrected chi connectivity index (χ1v) is 11.1. The second kappa shape index (κ2) is 10.5. The van der Waals surface area contributed by atoms with E-state index in [0.717, 1.165) is 44.8 Å². The molecule has 0 aliphatic carbocycles. The summed E-state index contributed by atoms with van der Waals surface area (Å²) in [5.41, 5.74) is 3.37. The molecular formula is C20H24F3N5O4S. The zero-order valence-corrected chi connectivity index (χ0v) is 18.7. The number of hydrogen-bond donors (Lipinski definition) is 2. The third-order valence-corrected chi connectivity index (χ3v) is 6.53. The highest BCUT2D eigenvalue weighted by atomic mass is 32.1. The number of amides is 1. The zero-order valence-electron chi connectivity index (χ0n) is 17.8. The van der Waals surface area contributed by atoms with Gasteiger partial charge in [-0.15, -0.1) is 11.3 Å². The summed E-state index contributed by atoms with van der Waals surface area (Å²) >= 11 is 1.72. The van der Waals surface area contributed by atoms with Gasteiger partial charge in [0.15, 0.2) is 0 Å². The van der Waals surface area contributed by atoms with Crippen molar-refractivity contribution in [2.45, 2.75) is 38.1 Å². The fourth-order valence-electron chi connectivity index (χ4n) is 3.91. The molecule has 4 rings (SSSR count). The SMILES string of the molecule is Cc1ncsc1CN1CC2(C1)OCCC2CCNC(=O)c1cnccn1.O=C(O)C(F)(F)F. The van der Waals surface area contributed by atoms with Gasteiger partial charge in [0, 0.05) is 50.1 Å². The number of aryl methyl sites for hydroxylation is 1. The minimum atomic E-state index is -5.08. The molecule has 2 fully saturated rings. The Morgan fingerprint density at radius 1 is 1.33 bits per heavy atom. The highest BCUT2D eigenvalue weighted by Crippen LogP contribution is 2.42. The van der Waals surface area contributed by atoms with Crippen LogP contribution in [0.4, 0.5) is 13.2 Å².